The third kappa shape index (κ3) is 5.70. The van der Waals surface area contributed by atoms with Gasteiger partial charge in [-0.3, -0.25) is 24.8 Å². The Balaban J connectivity index is 1.52. The van der Waals surface area contributed by atoms with Crippen molar-refractivity contribution in [1.82, 2.24) is 20.6 Å². The van der Waals surface area contributed by atoms with Crippen molar-refractivity contribution in [3.05, 3.63) is 35.5 Å². The lowest BCUT2D eigenvalue weighted by atomic mass is 9.85. The minimum atomic E-state index is -0.827. The van der Waals surface area contributed by atoms with Crippen molar-refractivity contribution >= 4 is 34.7 Å². The third-order valence-electron chi connectivity index (χ3n) is 6.62. The molecule has 3 atom stereocenters. The number of aliphatic hydroxyl groups excluding tert-OH is 1. The van der Waals surface area contributed by atoms with Gasteiger partial charge in [0.15, 0.2) is 0 Å². The zero-order valence-corrected chi connectivity index (χ0v) is 22.3. The summed E-state index contributed by atoms with van der Waals surface area (Å²) in [6, 6.07) is 6.55. The molecule has 2 heterocycles. The molecule has 1 unspecified atom stereocenters. The van der Waals surface area contributed by atoms with Gasteiger partial charge in [0, 0.05) is 19.9 Å². The number of carbonyl (C=O) groups is 3. The summed E-state index contributed by atoms with van der Waals surface area (Å²) >= 11 is 1.59. The number of β-amino-alcohol motifs (C(OH)–C–C–N with tert-alkyl or cyclic N) is 1. The van der Waals surface area contributed by atoms with Crippen molar-refractivity contribution in [3.63, 3.8) is 0 Å². The quantitative estimate of drug-likeness (QED) is 0.491. The van der Waals surface area contributed by atoms with E-state index < -0.39 is 23.6 Å². The van der Waals surface area contributed by atoms with Crippen LogP contribution in [0.25, 0.3) is 10.4 Å². The second-order valence-corrected chi connectivity index (χ2v) is 11.6. The van der Waals surface area contributed by atoms with E-state index in [1.54, 1.807) is 11.3 Å². The van der Waals surface area contributed by atoms with Gasteiger partial charge in [-0.1, -0.05) is 32.9 Å². The van der Waals surface area contributed by atoms with E-state index in [0.717, 1.165) is 34.7 Å². The summed E-state index contributed by atoms with van der Waals surface area (Å²) in [6.45, 7) is 8.98. The van der Waals surface area contributed by atoms with Crippen LogP contribution < -0.4 is 15.8 Å². The number of aliphatic hydroxyl groups is 1. The summed E-state index contributed by atoms with van der Waals surface area (Å²) in [6.07, 6.45) is 1.26. The van der Waals surface area contributed by atoms with Gasteiger partial charge < -0.3 is 15.3 Å². The number of likely N-dealkylation sites (tertiary alicyclic amines) is 1. The predicted octanol–water partition coefficient (Wildman–Crippen LogP) is 2.63. The molecule has 1 aliphatic heterocycles. The maximum atomic E-state index is 13.5. The molecule has 0 radical (unpaired) electrons. The van der Waals surface area contributed by atoms with Crippen LogP contribution in [0.3, 0.4) is 0 Å². The first-order valence-corrected chi connectivity index (χ1v) is 13.2. The zero-order valence-electron chi connectivity index (χ0n) is 21.4. The first-order valence-electron chi connectivity index (χ1n) is 12.3. The number of benzene rings is 1. The van der Waals surface area contributed by atoms with Crippen LogP contribution in [0.2, 0.25) is 0 Å². The minimum Gasteiger partial charge on any atom is -0.391 e. The predicted molar refractivity (Wildman–Crippen MR) is 139 cm³/mol. The van der Waals surface area contributed by atoms with Crippen LogP contribution in [0.15, 0.2) is 29.8 Å². The van der Waals surface area contributed by atoms with Crippen LogP contribution in [0, 0.1) is 12.3 Å². The van der Waals surface area contributed by atoms with Gasteiger partial charge in [-0.25, -0.2) is 4.98 Å². The molecule has 10 heteroatoms. The molecule has 0 spiro atoms. The highest BCUT2D eigenvalue weighted by Crippen LogP contribution is 2.34. The average molecular weight is 514 g/mol. The lowest BCUT2D eigenvalue weighted by Gasteiger charge is -2.36. The van der Waals surface area contributed by atoms with Crippen LogP contribution in [-0.4, -0.2) is 63.5 Å². The molecule has 9 nitrogen and oxygen atoms in total. The van der Waals surface area contributed by atoms with Crippen LogP contribution in [0.5, 0.6) is 0 Å². The fourth-order valence-corrected chi connectivity index (χ4v) is 5.38. The van der Waals surface area contributed by atoms with Gasteiger partial charge >= 0.3 is 0 Å². The molecular weight excluding hydrogens is 478 g/mol. The fourth-order valence-electron chi connectivity index (χ4n) is 4.57. The van der Waals surface area contributed by atoms with Crippen molar-refractivity contribution in [1.29, 1.82) is 0 Å². The van der Waals surface area contributed by atoms with E-state index in [1.165, 1.54) is 11.8 Å². The Kier molecular flexibility index (Phi) is 7.38. The van der Waals surface area contributed by atoms with E-state index in [4.69, 9.17) is 0 Å². The van der Waals surface area contributed by atoms with Gasteiger partial charge in [0.2, 0.25) is 11.8 Å². The standard InChI is InChI=1S/C26H35N5O4S/c1-15-22(36-14-27-15)17-6-8-18(9-7-17)31(19-10-11-19)29-24(34)21-12-20(33)13-30(21)25(35)23(26(3,4)5)28-16(2)32/h6-9,14,19-21,23,33H,10-13H2,1-5H3,(H,28,32)(H,29,34)/t20-,21+,23?/m1/s1. The molecule has 36 heavy (non-hydrogen) atoms. The molecule has 2 aliphatic rings. The molecule has 1 aromatic carbocycles. The Morgan fingerprint density at radius 3 is 2.39 bits per heavy atom. The normalized spacial score (nSPS) is 20.7. The molecule has 1 saturated heterocycles. The Bertz CT molecular complexity index is 1120. The molecule has 2 aromatic rings. The Labute approximate surface area is 215 Å². The van der Waals surface area contributed by atoms with Crippen molar-refractivity contribution in [3.8, 4) is 10.4 Å². The van der Waals surface area contributed by atoms with E-state index in [2.05, 4.69) is 15.7 Å². The van der Waals surface area contributed by atoms with Crippen LogP contribution >= 0.6 is 11.3 Å². The summed E-state index contributed by atoms with van der Waals surface area (Å²) < 4.78 is 0. The number of thiazole rings is 1. The third-order valence-corrected chi connectivity index (χ3v) is 7.60. The number of hydrogen-bond donors (Lipinski definition) is 3. The van der Waals surface area contributed by atoms with Gasteiger partial charge in [-0.05, 0) is 42.9 Å². The largest absolute Gasteiger partial charge is 0.391 e. The van der Waals surface area contributed by atoms with Gasteiger partial charge in [-0.15, -0.1) is 11.3 Å². The fraction of sp³-hybridized carbons (Fsp3) is 0.538. The van der Waals surface area contributed by atoms with Crippen molar-refractivity contribution in [2.45, 2.75) is 78.1 Å². The number of amides is 3. The number of anilines is 1. The number of nitrogens with zero attached hydrogens (tertiary/aromatic N) is 3. The summed E-state index contributed by atoms with van der Waals surface area (Å²) in [5, 5.41) is 15.0. The second kappa shape index (κ2) is 10.2. The number of aryl methyl sites for hydroxylation is 1. The molecule has 194 valence electrons. The smallest absolute Gasteiger partial charge is 0.261 e. The highest BCUT2D eigenvalue weighted by Gasteiger charge is 2.45. The first-order chi connectivity index (χ1) is 17.0. The average Bonchev–Trinajstić information content (AvgIpc) is 3.44. The number of hydrazine groups is 1. The summed E-state index contributed by atoms with van der Waals surface area (Å²) in [7, 11) is 0. The lowest BCUT2D eigenvalue weighted by molar-refractivity contribution is -0.143. The molecule has 1 aromatic heterocycles. The second-order valence-electron chi connectivity index (χ2n) is 10.8. The summed E-state index contributed by atoms with van der Waals surface area (Å²) in [4.78, 5) is 45.6. The monoisotopic (exact) mass is 513 g/mol. The molecule has 3 amide bonds. The summed E-state index contributed by atoms with van der Waals surface area (Å²) in [5.41, 5.74) is 7.20. The van der Waals surface area contributed by atoms with Gasteiger partial charge in [0.25, 0.3) is 5.91 Å². The van der Waals surface area contributed by atoms with Gasteiger partial charge in [0.1, 0.15) is 12.1 Å². The van der Waals surface area contributed by atoms with Crippen molar-refractivity contribution < 1.29 is 19.5 Å². The maximum absolute atomic E-state index is 13.5. The number of carbonyl (C=O) groups excluding carboxylic acids is 3. The molecule has 4 rings (SSSR count). The molecule has 2 fully saturated rings. The van der Waals surface area contributed by atoms with Crippen LogP contribution in [0.1, 0.15) is 52.7 Å². The maximum Gasteiger partial charge on any atom is 0.261 e. The van der Waals surface area contributed by atoms with Gasteiger partial charge in [0.05, 0.1) is 33.9 Å². The first kappa shape index (κ1) is 26.1. The molecule has 3 N–H and O–H groups in total. The molecular formula is C26H35N5O4S. The van der Waals surface area contributed by atoms with E-state index in [0.29, 0.717) is 0 Å². The summed E-state index contributed by atoms with van der Waals surface area (Å²) in [5.74, 6) is -1.03. The Hall–Kier alpha value is -2.98. The Morgan fingerprint density at radius 2 is 1.86 bits per heavy atom. The van der Waals surface area contributed by atoms with Crippen LogP contribution in [-0.2, 0) is 14.4 Å². The van der Waals surface area contributed by atoms with Gasteiger partial charge in [-0.2, -0.15) is 0 Å². The van der Waals surface area contributed by atoms with E-state index >= 15 is 0 Å². The number of aromatic nitrogens is 1. The highest BCUT2D eigenvalue weighted by molar-refractivity contribution is 7.13. The number of rotatable bonds is 7. The zero-order chi connectivity index (χ0) is 26.2. The van der Waals surface area contributed by atoms with Crippen molar-refractivity contribution in [2.75, 3.05) is 11.6 Å². The van der Waals surface area contributed by atoms with E-state index in [-0.39, 0.29) is 36.7 Å². The minimum absolute atomic E-state index is 0.0510. The van der Waals surface area contributed by atoms with Crippen LogP contribution in [0.4, 0.5) is 5.69 Å². The number of nitrogens with one attached hydrogen (secondary N) is 2. The molecule has 0 bridgehead atoms. The SMILES string of the molecule is CC(=O)NC(C(=O)N1C[C@H](O)C[C@H]1C(=O)NN(c1ccc(-c2scnc2C)cc1)C1CC1)C(C)(C)C. The van der Waals surface area contributed by atoms with Crippen molar-refractivity contribution in [2.24, 2.45) is 5.41 Å². The molecule has 1 aliphatic carbocycles. The molecule has 1 saturated carbocycles. The Morgan fingerprint density at radius 1 is 1.19 bits per heavy atom. The van der Waals surface area contributed by atoms with E-state index in [9.17, 15) is 19.5 Å². The topological polar surface area (TPSA) is 115 Å². The lowest BCUT2D eigenvalue weighted by Crippen LogP contribution is -2.59. The number of hydrogen-bond acceptors (Lipinski definition) is 7. The van der Waals surface area contributed by atoms with E-state index in [1.807, 2.05) is 62.5 Å². The highest BCUT2D eigenvalue weighted by atomic mass is 32.1.